The molecule has 0 aliphatic rings. The Morgan fingerprint density at radius 3 is 2.57 bits per heavy atom. The highest BCUT2D eigenvalue weighted by atomic mass is 35.5. The summed E-state index contributed by atoms with van der Waals surface area (Å²) in [5, 5.41) is 7.75. The van der Waals surface area contributed by atoms with E-state index in [4.69, 9.17) is 11.6 Å². The fourth-order valence-electron chi connectivity index (χ4n) is 2.05. The molecular formula is C17H17ClF3N5O2. The molecule has 28 heavy (non-hydrogen) atoms. The van der Waals surface area contributed by atoms with Crippen LogP contribution in [-0.4, -0.2) is 34.9 Å². The fourth-order valence-corrected chi connectivity index (χ4v) is 2.29. The van der Waals surface area contributed by atoms with Gasteiger partial charge in [-0.15, -0.1) is 0 Å². The highest BCUT2D eigenvalue weighted by Gasteiger charge is 2.31. The monoisotopic (exact) mass is 415 g/mol. The van der Waals surface area contributed by atoms with Crippen LogP contribution in [0.5, 0.6) is 0 Å². The Morgan fingerprint density at radius 1 is 1.18 bits per heavy atom. The predicted molar refractivity (Wildman–Crippen MR) is 98.2 cm³/mol. The van der Waals surface area contributed by atoms with Crippen LogP contribution < -0.4 is 16.0 Å². The van der Waals surface area contributed by atoms with E-state index in [1.54, 1.807) is 6.92 Å². The summed E-state index contributed by atoms with van der Waals surface area (Å²) in [6.07, 6.45) is -2.17. The lowest BCUT2D eigenvalue weighted by molar-refractivity contribution is -0.137. The third-order valence-corrected chi connectivity index (χ3v) is 3.77. The van der Waals surface area contributed by atoms with Crippen molar-refractivity contribution in [3.05, 3.63) is 46.7 Å². The number of nitrogens with one attached hydrogen (secondary N) is 3. The summed E-state index contributed by atoms with van der Waals surface area (Å²) in [6, 6.07) is 3.70. The number of hydrogen-bond acceptors (Lipinski definition) is 5. The zero-order valence-corrected chi connectivity index (χ0v) is 15.5. The number of carbonyl (C=O) groups is 2. The second-order valence-electron chi connectivity index (χ2n) is 5.57. The largest absolute Gasteiger partial charge is 0.417 e. The molecule has 0 aliphatic carbocycles. The van der Waals surface area contributed by atoms with Gasteiger partial charge in [0.1, 0.15) is 11.6 Å². The molecule has 2 heterocycles. The molecule has 0 atom stereocenters. The van der Waals surface area contributed by atoms with E-state index < -0.39 is 17.6 Å². The molecule has 2 aromatic rings. The summed E-state index contributed by atoms with van der Waals surface area (Å²) >= 11 is 5.79. The number of aromatic nitrogens is 2. The molecular weight excluding hydrogens is 399 g/mol. The normalized spacial score (nSPS) is 11.0. The fraction of sp³-hybridized carbons (Fsp3) is 0.294. The molecule has 7 nitrogen and oxygen atoms in total. The topological polar surface area (TPSA) is 96.0 Å². The van der Waals surface area contributed by atoms with Gasteiger partial charge in [-0.05, 0) is 18.2 Å². The van der Waals surface area contributed by atoms with Crippen molar-refractivity contribution in [3.8, 4) is 0 Å². The number of halogens is 4. The van der Waals surface area contributed by atoms with E-state index in [2.05, 4.69) is 25.9 Å². The molecule has 0 spiro atoms. The lowest BCUT2D eigenvalue weighted by Gasteiger charge is -2.11. The number of carbonyl (C=O) groups excluding carboxylic acids is 2. The minimum Gasteiger partial charge on any atom is -0.367 e. The molecule has 0 fully saturated rings. The van der Waals surface area contributed by atoms with E-state index in [-0.39, 0.29) is 42.1 Å². The Kier molecular flexibility index (Phi) is 7.16. The van der Waals surface area contributed by atoms with Crippen molar-refractivity contribution >= 4 is 35.1 Å². The predicted octanol–water partition coefficient (Wildman–Crippen LogP) is 3.34. The van der Waals surface area contributed by atoms with Gasteiger partial charge in [-0.3, -0.25) is 9.59 Å². The number of anilines is 2. The summed E-state index contributed by atoms with van der Waals surface area (Å²) in [7, 11) is 0. The van der Waals surface area contributed by atoms with Gasteiger partial charge in [0.05, 0.1) is 10.6 Å². The van der Waals surface area contributed by atoms with Gasteiger partial charge < -0.3 is 16.0 Å². The maximum absolute atomic E-state index is 12.6. The van der Waals surface area contributed by atoms with Crippen LogP contribution in [0.25, 0.3) is 0 Å². The molecule has 150 valence electrons. The Labute approximate surface area is 163 Å². The summed E-state index contributed by atoms with van der Waals surface area (Å²) < 4.78 is 37.7. The lowest BCUT2D eigenvalue weighted by atomic mass is 10.2. The number of amides is 2. The van der Waals surface area contributed by atoms with Crippen LogP contribution >= 0.6 is 11.6 Å². The maximum Gasteiger partial charge on any atom is 0.417 e. The van der Waals surface area contributed by atoms with Crippen LogP contribution in [0.4, 0.5) is 24.8 Å². The van der Waals surface area contributed by atoms with Gasteiger partial charge in [0.2, 0.25) is 5.91 Å². The van der Waals surface area contributed by atoms with Gasteiger partial charge >= 0.3 is 6.18 Å². The van der Waals surface area contributed by atoms with E-state index in [0.717, 1.165) is 6.07 Å². The van der Waals surface area contributed by atoms with Crippen molar-refractivity contribution in [1.29, 1.82) is 0 Å². The van der Waals surface area contributed by atoms with Crippen molar-refractivity contribution < 1.29 is 22.8 Å². The summed E-state index contributed by atoms with van der Waals surface area (Å²) in [6.45, 7) is 2.04. The van der Waals surface area contributed by atoms with Gasteiger partial charge in [-0.2, -0.15) is 13.2 Å². The van der Waals surface area contributed by atoms with Gasteiger partial charge in [0.15, 0.2) is 0 Å². The second kappa shape index (κ2) is 9.36. The highest BCUT2D eigenvalue weighted by molar-refractivity contribution is 6.32. The summed E-state index contributed by atoms with van der Waals surface area (Å²) in [5.74, 6) is -0.284. The van der Waals surface area contributed by atoms with Gasteiger partial charge in [0, 0.05) is 37.5 Å². The van der Waals surface area contributed by atoms with Gasteiger partial charge in [0.25, 0.3) is 5.91 Å². The van der Waals surface area contributed by atoms with E-state index in [1.807, 2.05) is 0 Å². The molecule has 0 aromatic carbocycles. The summed E-state index contributed by atoms with van der Waals surface area (Å²) in [5.41, 5.74) is -0.646. The van der Waals surface area contributed by atoms with Crippen molar-refractivity contribution in [3.63, 3.8) is 0 Å². The van der Waals surface area contributed by atoms with Crippen molar-refractivity contribution in [2.24, 2.45) is 0 Å². The van der Waals surface area contributed by atoms with Crippen molar-refractivity contribution in [1.82, 2.24) is 15.3 Å². The number of pyridine rings is 2. The zero-order valence-electron chi connectivity index (χ0n) is 14.7. The molecule has 11 heteroatoms. The Morgan fingerprint density at radius 2 is 1.93 bits per heavy atom. The first-order valence-corrected chi connectivity index (χ1v) is 8.59. The minimum atomic E-state index is -4.52. The van der Waals surface area contributed by atoms with Crippen LogP contribution in [0, 0.1) is 0 Å². The number of hydrogen-bond donors (Lipinski definition) is 3. The average Bonchev–Trinajstić information content (AvgIpc) is 2.65. The maximum atomic E-state index is 12.6. The van der Waals surface area contributed by atoms with Crippen LogP contribution in [0.15, 0.2) is 30.6 Å². The van der Waals surface area contributed by atoms with E-state index in [9.17, 15) is 22.8 Å². The second-order valence-corrected chi connectivity index (χ2v) is 5.97. The first-order chi connectivity index (χ1) is 13.2. The average molecular weight is 416 g/mol. The highest BCUT2D eigenvalue weighted by Crippen LogP contribution is 2.32. The number of nitrogens with zero attached hydrogens (tertiary/aromatic N) is 2. The van der Waals surface area contributed by atoms with Crippen LogP contribution in [0.2, 0.25) is 5.02 Å². The van der Waals surface area contributed by atoms with Crippen LogP contribution in [0.3, 0.4) is 0 Å². The van der Waals surface area contributed by atoms with E-state index in [1.165, 1.54) is 18.3 Å². The molecule has 2 rings (SSSR count). The first kappa shape index (κ1) is 21.4. The smallest absolute Gasteiger partial charge is 0.367 e. The molecule has 3 N–H and O–H groups in total. The molecule has 0 radical (unpaired) electrons. The number of rotatable bonds is 7. The Bertz CT molecular complexity index is 861. The SMILES string of the molecule is CCC(=O)Nc1cc(C(=O)NCCNc2ncc(C(F)(F)F)cc2Cl)ccn1. The first-order valence-electron chi connectivity index (χ1n) is 8.21. The molecule has 0 bridgehead atoms. The Hall–Kier alpha value is -2.88. The molecule has 0 unspecified atom stereocenters. The quantitative estimate of drug-likeness (QED) is 0.603. The van der Waals surface area contributed by atoms with Crippen molar-refractivity contribution in [2.45, 2.75) is 19.5 Å². The molecule has 2 amide bonds. The van der Waals surface area contributed by atoms with E-state index >= 15 is 0 Å². The summed E-state index contributed by atoms with van der Waals surface area (Å²) in [4.78, 5) is 31.1. The van der Waals surface area contributed by atoms with Gasteiger partial charge in [-0.1, -0.05) is 18.5 Å². The molecule has 0 aliphatic heterocycles. The van der Waals surface area contributed by atoms with Crippen LogP contribution in [-0.2, 0) is 11.0 Å². The Balaban J connectivity index is 1.86. The van der Waals surface area contributed by atoms with Gasteiger partial charge in [-0.25, -0.2) is 9.97 Å². The van der Waals surface area contributed by atoms with Crippen molar-refractivity contribution in [2.75, 3.05) is 23.7 Å². The van der Waals surface area contributed by atoms with E-state index in [0.29, 0.717) is 11.8 Å². The standard InChI is InChI=1S/C17H17ClF3N5O2/c1-2-14(27)26-13-7-10(3-4-22-13)16(28)24-6-5-23-15-12(18)8-11(9-25-15)17(19,20)21/h3-4,7-9H,2,5-6H2,1H3,(H,23,25)(H,24,28)(H,22,26,27). The lowest BCUT2D eigenvalue weighted by Crippen LogP contribution is -2.29. The molecule has 2 aromatic heterocycles. The third kappa shape index (κ3) is 6.08. The number of alkyl halides is 3. The zero-order chi connectivity index (χ0) is 20.7. The van der Waals surface area contributed by atoms with Crippen LogP contribution in [0.1, 0.15) is 29.3 Å². The molecule has 0 saturated heterocycles. The molecule has 0 saturated carbocycles. The third-order valence-electron chi connectivity index (χ3n) is 3.48. The minimum absolute atomic E-state index is 0.0809.